The van der Waals surface area contributed by atoms with E-state index in [1.807, 2.05) is 29.0 Å². The summed E-state index contributed by atoms with van der Waals surface area (Å²) in [4.78, 5) is 0. The molecule has 0 aliphatic rings. The van der Waals surface area contributed by atoms with E-state index in [1.165, 1.54) is 5.56 Å². The van der Waals surface area contributed by atoms with Crippen molar-refractivity contribution < 1.29 is 4.74 Å². The summed E-state index contributed by atoms with van der Waals surface area (Å²) in [7, 11) is 1.71. The van der Waals surface area contributed by atoms with Crippen LogP contribution in [0.1, 0.15) is 5.56 Å². The first-order valence-corrected chi connectivity index (χ1v) is 5.02. The van der Waals surface area contributed by atoms with Crippen LogP contribution in [0.3, 0.4) is 0 Å². The van der Waals surface area contributed by atoms with Crippen molar-refractivity contribution in [3.63, 3.8) is 0 Å². The first kappa shape index (κ1) is 10.1. The molecule has 0 aromatic carbocycles. The molecule has 2 heterocycles. The van der Waals surface area contributed by atoms with E-state index in [0.717, 1.165) is 25.2 Å². The molecule has 2 aromatic rings. The van der Waals surface area contributed by atoms with E-state index in [9.17, 15) is 0 Å². The van der Waals surface area contributed by atoms with E-state index >= 15 is 0 Å². The van der Waals surface area contributed by atoms with E-state index in [-0.39, 0.29) is 0 Å². The topological polar surface area (TPSA) is 38.6 Å². The maximum atomic E-state index is 4.97. The van der Waals surface area contributed by atoms with Crippen LogP contribution in [0.2, 0.25) is 0 Å². The normalized spacial score (nSPS) is 11.0. The molecule has 0 atom stereocenters. The van der Waals surface area contributed by atoms with Crippen molar-refractivity contribution in [2.75, 3.05) is 20.3 Å². The highest BCUT2D eigenvalue weighted by Gasteiger charge is 2.01. The van der Waals surface area contributed by atoms with Gasteiger partial charge in [-0.25, -0.2) is 4.52 Å². The first-order chi connectivity index (χ1) is 7.42. The molecule has 0 saturated carbocycles. The standard InChI is InChI=1S/C11H15N3O/c1-15-7-5-12-8-10-9-13-14-6-3-2-4-11(10)14/h2-4,6,9,12H,5,7-8H2,1H3. The fourth-order valence-corrected chi connectivity index (χ4v) is 1.52. The van der Waals surface area contributed by atoms with Crippen LogP contribution >= 0.6 is 0 Å². The molecule has 0 unspecified atom stereocenters. The molecular weight excluding hydrogens is 190 g/mol. The molecule has 4 nitrogen and oxygen atoms in total. The van der Waals surface area contributed by atoms with Gasteiger partial charge in [-0.2, -0.15) is 5.10 Å². The molecule has 0 bridgehead atoms. The fourth-order valence-electron chi connectivity index (χ4n) is 1.52. The van der Waals surface area contributed by atoms with Crippen molar-refractivity contribution >= 4 is 5.52 Å². The summed E-state index contributed by atoms with van der Waals surface area (Å²) >= 11 is 0. The van der Waals surface area contributed by atoms with Gasteiger partial charge in [0, 0.05) is 32.0 Å². The number of aromatic nitrogens is 2. The number of nitrogens with one attached hydrogen (secondary N) is 1. The predicted molar refractivity (Wildman–Crippen MR) is 58.8 cm³/mol. The molecule has 0 amide bonds. The van der Waals surface area contributed by atoms with E-state index in [4.69, 9.17) is 4.74 Å². The lowest BCUT2D eigenvalue weighted by Crippen LogP contribution is -2.18. The molecule has 0 fully saturated rings. The van der Waals surface area contributed by atoms with Gasteiger partial charge in [0.05, 0.1) is 18.3 Å². The molecule has 80 valence electrons. The van der Waals surface area contributed by atoms with Gasteiger partial charge in [-0.3, -0.25) is 0 Å². The molecule has 4 heteroatoms. The molecule has 2 aromatic heterocycles. The number of pyridine rings is 1. The van der Waals surface area contributed by atoms with Crippen LogP contribution in [-0.4, -0.2) is 29.9 Å². The molecule has 0 aliphatic carbocycles. The van der Waals surface area contributed by atoms with Gasteiger partial charge in [0.15, 0.2) is 0 Å². The number of rotatable bonds is 5. The Bertz CT molecular complexity index is 424. The average Bonchev–Trinajstić information content (AvgIpc) is 2.68. The summed E-state index contributed by atoms with van der Waals surface area (Å²) in [5.74, 6) is 0. The van der Waals surface area contributed by atoms with Gasteiger partial charge in [-0.1, -0.05) is 6.07 Å². The Morgan fingerprint density at radius 3 is 3.27 bits per heavy atom. The van der Waals surface area contributed by atoms with Crippen LogP contribution in [0, 0.1) is 0 Å². The second kappa shape index (κ2) is 4.91. The summed E-state index contributed by atoms with van der Waals surface area (Å²) in [6.07, 6.45) is 3.85. The lowest BCUT2D eigenvalue weighted by molar-refractivity contribution is 0.199. The minimum atomic E-state index is 0.735. The van der Waals surface area contributed by atoms with Gasteiger partial charge < -0.3 is 10.1 Å². The number of nitrogens with zero attached hydrogens (tertiary/aromatic N) is 2. The smallest absolute Gasteiger partial charge is 0.0706 e. The Hall–Kier alpha value is -1.39. The molecular formula is C11H15N3O. The zero-order valence-electron chi connectivity index (χ0n) is 8.81. The molecule has 1 N–H and O–H groups in total. The molecule has 0 saturated heterocycles. The molecule has 0 radical (unpaired) electrons. The summed E-state index contributed by atoms with van der Waals surface area (Å²) in [6.45, 7) is 2.43. The third-order valence-electron chi connectivity index (χ3n) is 2.30. The molecule has 0 aliphatic heterocycles. The Balaban J connectivity index is 2.02. The highest BCUT2D eigenvalue weighted by Crippen LogP contribution is 2.08. The third kappa shape index (κ3) is 2.34. The molecule has 2 rings (SSSR count). The lowest BCUT2D eigenvalue weighted by atomic mass is 10.2. The average molecular weight is 205 g/mol. The number of methoxy groups -OCH3 is 1. The predicted octanol–water partition coefficient (Wildman–Crippen LogP) is 1.07. The number of hydrogen-bond acceptors (Lipinski definition) is 3. The minimum Gasteiger partial charge on any atom is -0.383 e. The van der Waals surface area contributed by atoms with Crippen LogP contribution < -0.4 is 5.32 Å². The van der Waals surface area contributed by atoms with Gasteiger partial charge >= 0.3 is 0 Å². The Morgan fingerprint density at radius 1 is 1.47 bits per heavy atom. The van der Waals surface area contributed by atoms with Crippen molar-refractivity contribution in [2.24, 2.45) is 0 Å². The number of fused-ring (bicyclic) bond motifs is 1. The van der Waals surface area contributed by atoms with Gasteiger partial charge in [0.2, 0.25) is 0 Å². The van der Waals surface area contributed by atoms with Crippen LogP contribution in [0.4, 0.5) is 0 Å². The van der Waals surface area contributed by atoms with Gasteiger partial charge in [-0.05, 0) is 12.1 Å². The second-order valence-corrected chi connectivity index (χ2v) is 3.37. The summed E-state index contributed by atoms with van der Waals surface area (Å²) < 4.78 is 6.85. The van der Waals surface area contributed by atoms with Crippen molar-refractivity contribution in [2.45, 2.75) is 6.54 Å². The van der Waals surface area contributed by atoms with Crippen LogP contribution in [0.25, 0.3) is 5.52 Å². The largest absolute Gasteiger partial charge is 0.383 e. The third-order valence-corrected chi connectivity index (χ3v) is 2.30. The van der Waals surface area contributed by atoms with Crippen molar-refractivity contribution in [1.29, 1.82) is 0 Å². The second-order valence-electron chi connectivity index (χ2n) is 3.37. The van der Waals surface area contributed by atoms with Gasteiger partial charge in [0.1, 0.15) is 0 Å². The van der Waals surface area contributed by atoms with Gasteiger partial charge in [0.25, 0.3) is 0 Å². The van der Waals surface area contributed by atoms with Crippen molar-refractivity contribution in [3.05, 3.63) is 36.2 Å². The van der Waals surface area contributed by atoms with Crippen molar-refractivity contribution in [1.82, 2.24) is 14.9 Å². The number of hydrogen-bond donors (Lipinski definition) is 1. The fraction of sp³-hybridized carbons (Fsp3) is 0.364. The number of ether oxygens (including phenoxy) is 1. The summed E-state index contributed by atoms with van der Waals surface area (Å²) in [6, 6.07) is 6.07. The molecule has 15 heavy (non-hydrogen) atoms. The highest BCUT2D eigenvalue weighted by atomic mass is 16.5. The quantitative estimate of drug-likeness (QED) is 0.742. The Labute approximate surface area is 88.9 Å². The van der Waals surface area contributed by atoms with E-state index in [0.29, 0.717) is 0 Å². The summed E-state index contributed by atoms with van der Waals surface area (Å²) in [5.41, 5.74) is 2.37. The van der Waals surface area contributed by atoms with Gasteiger partial charge in [-0.15, -0.1) is 0 Å². The summed E-state index contributed by atoms with van der Waals surface area (Å²) in [5, 5.41) is 7.57. The van der Waals surface area contributed by atoms with E-state index in [2.05, 4.69) is 16.5 Å². The zero-order valence-corrected chi connectivity index (χ0v) is 8.81. The van der Waals surface area contributed by atoms with E-state index in [1.54, 1.807) is 7.11 Å². The lowest BCUT2D eigenvalue weighted by Gasteiger charge is -2.02. The minimum absolute atomic E-state index is 0.735. The monoisotopic (exact) mass is 205 g/mol. The highest BCUT2D eigenvalue weighted by molar-refractivity contribution is 5.53. The maximum Gasteiger partial charge on any atom is 0.0706 e. The Morgan fingerprint density at radius 2 is 2.40 bits per heavy atom. The molecule has 0 spiro atoms. The van der Waals surface area contributed by atoms with Crippen LogP contribution in [0.5, 0.6) is 0 Å². The van der Waals surface area contributed by atoms with E-state index < -0.39 is 0 Å². The zero-order chi connectivity index (χ0) is 10.5. The van der Waals surface area contributed by atoms with Crippen LogP contribution in [-0.2, 0) is 11.3 Å². The van der Waals surface area contributed by atoms with Crippen molar-refractivity contribution in [3.8, 4) is 0 Å². The SMILES string of the molecule is COCCNCc1cnn2ccccc12. The maximum absolute atomic E-state index is 4.97. The Kier molecular flexibility index (Phi) is 3.32. The van der Waals surface area contributed by atoms with Crippen LogP contribution in [0.15, 0.2) is 30.6 Å². The first-order valence-electron chi connectivity index (χ1n) is 5.02.